The van der Waals surface area contributed by atoms with Gasteiger partial charge in [0.15, 0.2) is 0 Å². The molecule has 1 N–H and O–H groups in total. The Bertz CT molecular complexity index is 648. The molecule has 0 aliphatic rings. The average Bonchev–Trinajstić information content (AvgIpc) is 2.41. The second-order valence-electron chi connectivity index (χ2n) is 5.13. The maximum atomic E-state index is 11.9. The van der Waals surface area contributed by atoms with Crippen LogP contribution in [-0.2, 0) is 14.8 Å². The molecule has 0 aliphatic heterocycles. The van der Waals surface area contributed by atoms with E-state index in [1.54, 1.807) is 18.2 Å². The summed E-state index contributed by atoms with van der Waals surface area (Å²) in [6.45, 7) is 4.07. The molecule has 21 heavy (non-hydrogen) atoms. The van der Waals surface area contributed by atoms with Crippen molar-refractivity contribution in [2.75, 3.05) is 23.7 Å². The van der Waals surface area contributed by atoms with Gasteiger partial charge >= 0.3 is 0 Å². The van der Waals surface area contributed by atoms with Crippen LogP contribution in [0.25, 0.3) is 0 Å². The van der Waals surface area contributed by atoms with Crippen LogP contribution in [0.15, 0.2) is 24.3 Å². The Balaban J connectivity index is 2.97. The number of hydrogen-bond donors (Lipinski definition) is 1. The van der Waals surface area contributed by atoms with Gasteiger partial charge in [0, 0.05) is 6.54 Å². The van der Waals surface area contributed by atoms with Gasteiger partial charge in [-0.25, -0.2) is 8.42 Å². The maximum Gasteiger partial charge on any atom is 0.240 e. The van der Waals surface area contributed by atoms with E-state index < -0.39 is 10.0 Å². The van der Waals surface area contributed by atoms with Gasteiger partial charge in [0.2, 0.25) is 15.9 Å². The number of amides is 1. The van der Waals surface area contributed by atoms with Crippen LogP contribution in [0.5, 0.6) is 0 Å². The molecule has 1 rings (SSSR count). The lowest BCUT2D eigenvalue weighted by molar-refractivity contribution is -0.119. The van der Waals surface area contributed by atoms with Gasteiger partial charge in [0.1, 0.15) is 6.54 Å². The minimum Gasteiger partial charge on any atom is -0.354 e. The summed E-state index contributed by atoms with van der Waals surface area (Å²) < 4.78 is 24.7. The summed E-state index contributed by atoms with van der Waals surface area (Å²) in [5.41, 5.74) is 0.639. The fraction of sp³-hybridized carbons (Fsp3) is 0.429. The fourth-order valence-electron chi connectivity index (χ4n) is 1.63. The van der Waals surface area contributed by atoms with E-state index in [0.29, 0.717) is 17.8 Å². The Morgan fingerprint density at radius 1 is 1.43 bits per heavy atom. The van der Waals surface area contributed by atoms with Gasteiger partial charge in [-0.3, -0.25) is 9.10 Å². The Morgan fingerprint density at radius 2 is 2.10 bits per heavy atom. The summed E-state index contributed by atoms with van der Waals surface area (Å²) in [5, 5.41) is 11.5. The lowest BCUT2D eigenvalue weighted by Gasteiger charge is -2.22. The van der Waals surface area contributed by atoms with E-state index in [1.807, 2.05) is 19.9 Å². The number of carbonyl (C=O) groups is 1. The van der Waals surface area contributed by atoms with Crippen molar-refractivity contribution in [2.45, 2.75) is 13.8 Å². The zero-order valence-electron chi connectivity index (χ0n) is 12.3. The minimum atomic E-state index is -3.61. The summed E-state index contributed by atoms with van der Waals surface area (Å²) in [6, 6.07) is 8.09. The van der Waals surface area contributed by atoms with Crippen LogP contribution in [0.4, 0.5) is 5.69 Å². The van der Waals surface area contributed by atoms with E-state index in [-0.39, 0.29) is 18.4 Å². The smallest absolute Gasteiger partial charge is 0.240 e. The molecule has 0 aromatic heterocycles. The van der Waals surface area contributed by atoms with Gasteiger partial charge < -0.3 is 5.32 Å². The SMILES string of the molecule is CC(C)CNC(=O)CN(c1cccc(C#N)c1)S(C)(=O)=O. The minimum absolute atomic E-state index is 0.280. The monoisotopic (exact) mass is 309 g/mol. The average molecular weight is 309 g/mol. The summed E-state index contributed by atoms with van der Waals surface area (Å²) in [7, 11) is -3.61. The van der Waals surface area contributed by atoms with E-state index >= 15 is 0 Å². The first-order valence-electron chi connectivity index (χ1n) is 6.48. The van der Waals surface area contributed by atoms with Crippen LogP contribution in [0.3, 0.4) is 0 Å². The number of anilines is 1. The predicted molar refractivity (Wildman–Crippen MR) is 81.2 cm³/mol. The number of nitrogens with zero attached hydrogens (tertiary/aromatic N) is 2. The first-order chi connectivity index (χ1) is 9.74. The molecular weight excluding hydrogens is 290 g/mol. The summed E-state index contributed by atoms with van der Waals surface area (Å²) in [6.07, 6.45) is 1.03. The number of hydrogen-bond acceptors (Lipinski definition) is 4. The molecule has 0 unspecified atom stereocenters. The third-order valence-corrected chi connectivity index (χ3v) is 3.80. The highest BCUT2D eigenvalue weighted by atomic mass is 32.2. The second kappa shape index (κ2) is 7.09. The number of sulfonamides is 1. The molecule has 0 heterocycles. The van der Waals surface area contributed by atoms with Crippen molar-refractivity contribution >= 4 is 21.6 Å². The fourth-order valence-corrected chi connectivity index (χ4v) is 2.48. The second-order valence-corrected chi connectivity index (χ2v) is 7.04. The third kappa shape index (κ3) is 5.44. The number of carbonyl (C=O) groups excluding carboxylic acids is 1. The number of nitrogens with one attached hydrogen (secondary N) is 1. The van der Waals surface area contributed by atoms with Crippen LogP contribution < -0.4 is 9.62 Å². The lowest BCUT2D eigenvalue weighted by Crippen LogP contribution is -2.41. The zero-order valence-corrected chi connectivity index (χ0v) is 13.1. The molecule has 1 aromatic carbocycles. The van der Waals surface area contributed by atoms with Crippen LogP contribution in [0.2, 0.25) is 0 Å². The van der Waals surface area contributed by atoms with Crippen molar-refractivity contribution in [3.8, 4) is 6.07 Å². The standard InChI is InChI=1S/C14H19N3O3S/c1-11(2)9-16-14(18)10-17(21(3,19)20)13-6-4-5-12(7-13)8-15/h4-7,11H,9-10H2,1-3H3,(H,16,18). The van der Waals surface area contributed by atoms with Crippen molar-refractivity contribution in [3.05, 3.63) is 29.8 Å². The van der Waals surface area contributed by atoms with Gasteiger partial charge in [-0.15, -0.1) is 0 Å². The molecule has 0 aliphatic carbocycles. The van der Waals surface area contributed by atoms with E-state index in [0.717, 1.165) is 10.6 Å². The molecular formula is C14H19N3O3S. The van der Waals surface area contributed by atoms with Crippen molar-refractivity contribution < 1.29 is 13.2 Å². The summed E-state index contributed by atoms with van der Waals surface area (Å²) in [4.78, 5) is 11.9. The molecule has 0 atom stereocenters. The lowest BCUT2D eigenvalue weighted by atomic mass is 10.2. The van der Waals surface area contributed by atoms with Crippen molar-refractivity contribution in [2.24, 2.45) is 5.92 Å². The molecule has 0 spiro atoms. The molecule has 0 radical (unpaired) electrons. The van der Waals surface area contributed by atoms with Gasteiger partial charge in [-0.1, -0.05) is 19.9 Å². The molecule has 1 aromatic rings. The topological polar surface area (TPSA) is 90.3 Å². The van der Waals surface area contributed by atoms with Crippen LogP contribution in [0.1, 0.15) is 19.4 Å². The van der Waals surface area contributed by atoms with E-state index in [9.17, 15) is 13.2 Å². The van der Waals surface area contributed by atoms with E-state index in [1.165, 1.54) is 6.07 Å². The van der Waals surface area contributed by atoms with Crippen molar-refractivity contribution in [3.63, 3.8) is 0 Å². The maximum absolute atomic E-state index is 11.9. The van der Waals surface area contributed by atoms with Crippen LogP contribution in [-0.4, -0.2) is 33.7 Å². The van der Waals surface area contributed by atoms with Gasteiger partial charge in [0.05, 0.1) is 23.6 Å². The Morgan fingerprint density at radius 3 is 2.62 bits per heavy atom. The Labute approximate surface area is 125 Å². The molecule has 114 valence electrons. The molecule has 1 amide bonds. The first kappa shape index (κ1) is 17.0. The Hall–Kier alpha value is -2.07. The normalized spacial score (nSPS) is 11.0. The van der Waals surface area contributed by atoms with E-state index in [4.69, 9.17) is 5.26 Å². The van der Waals surface area contributed by atoms with Gasteiger partial charge in [-0.2, -0.15) is 5.26 Å². The predicted octanol–water partition coefficient (Wildman–Crippen LogP) is 1.10. The number of nitriles is 1. The molecule has 6 nitrogen and oxygen atoms in total. The van der Waals surface area contributed by atoms with Crippen molar-refractivity contribution in [1.29, 1.82) is 5.26 Å². The quantitative estimate of drug-likeness (QED) is 0.852. The summed E-state index contributed by atoms with van der Waals surface area (Å²) >= 11 is 0. The highest BCUT2D eigenvalue weighted by Gasteiger charge is 2.21. The summed E-state index contributed by atoms with van der Waals surface area (Å²) in [5.74, 6) is -0.0981. The van der Waals surface area contributed by atoms with Crippen molar-refractivity contribution in [1.82, 2.24) is 5.32 Å². The largest absolute Gasteiger partial charge is 0.354 e. The number of rotatable bonds is 6. The molecule has 7 heteroatoms. The molecule has 0 fully saturated rings. The van der Waals surface area contributed by atoms with Gasteiger partial charge in [-0.05, 0) is 24.1 Å². The first-order valence-corrected chi connectivity index (χ1v) is 8.33. The number of benzene rings is 1. The van der Waals surface area contributed by atoms with E-state index in [2.05, 4.69) is 5.32 Å². The van der Waals surface area contributed by atoms with Crippen LogP contribution in [0, 0.1) is 17.2 Å². The molecule has 0 bridgehead atoms. The Kier molecular flexibility index (Phi) is 5.73. The highest BCUT2D eigenvalue weighted by molar-refractivity contribution is 7.92. The zero-order chi connectivity index (χ0) is 16.0. The molecule has 0 saturated heterocycles. The molecule has 0 saturated carbocycles. The highest BCUT2D eigenvalue weighted by Crippen LogP contribution is 2.18. The van der Waals surface area contributed by atoms with Gasteiger partial charge in [0.25, 0.3) is 0 Å². The third-order valence-electron chi connectivity index (χ3n) is 2.66. The van der Waals surface area contributed by atoms with Crippen LogP contribution >= 0.6 is 0 Å².